The minimum Gasteiger partial charge on any atom is -0.432 e. The van der Waals surface area contributed by atoms with Gasteiger partial charge in [-0.05, 0) is 0 Å². The Morgan fingerprint density at radius 1 is 1.23 bits per heavy atom. The lowest BCUT2D eigenvalue weighted by molar-refractivity contribution is -0.0787. The number of benzene rings is 1. The Labute approximate surface area is 122 Å². The van der Waals surface area contributed by atoms with Crippen LogP contribution >= 0.6 is 0 Å². The van der Waals surface area contributed by atoms with Crippen LogP contribution in [0.1, 0.15) is 22.3 Å². The van der Waals surface area contributed by atoms with Crippen molar-refractivity contribution in [1.29, 1.82) is 0 Å². The Hall–Kier alpha value is -2.52. The van der Waals surface area contributed by atoms with E-state index in [0.29, 0.717) is 12.1 Å². The maximum absolute atomic E-state index is 13.6. The predicted octanol–water partition coefficient (Wildman–Crippen LogP) is 2.14. The van der Waals surface area contributed by atoms with Crippen LogP contribution in [0.2, 0.25) is 0 Å². The van der Waals surface area contributed by atoms with Gasteiger partial charge >= 0.3 is 0 Å². The summed E-state index contributed by atoms with van der Waals surface area (Å²) in [5.41, 5.74) is -0.606. The molecule has 0 unspecified atom stereocenters. The first-order valence-electron chi connectivity index (χ1n) is 5.81. The molecule has 6 nitrogen and oxygen atoms in total. The molecule has 0 aliphatic heterocycles. The highest BCUT2D eigenvalue weighted by molar-refractivity contribution is 5.75. The molecule has 0 saturated carbocycles. The van der Waals surface area contributed by atoms with Gasteiger partial charge in [0.2, 0.25) is 11.6 Å². The molecule has 1 aromatic carbocycles. The summed E-state index contributed by atoms with van der Waals surface area (Å²) in [6, 6.07) is 0.819. The van der Waals surface area contributed by atoms with E-state index in [4.69, 9.17) is 4.74 Å². The summed E-state index contributed by atoms with van der Waals surface area (Å²) in [4.78, 5) is 18.1. The van der Waals surface area contributed by atoms with Crippen molar-refractivity contribution in [2.24, 2.45) is 0 Å². The highest BCUT2D eigenvalue weighted by Crippen LogP contribution is 2.32. The van der Waals surface area contributed by atoms with Crippen molar-refractivity contribution < 1.29 is 32.5 Å². The Morgan fingerprint density at radius 2 is 1.86 bits per heavy atom. The standard InChI is InChI=1S/C13H9F3N2O4/c1-21-13(20)10-9(4-19)17-5-18-12(10)22-11-7(15)2-6(14)3-8(11)16/h2-5,13,20H,1H3/t13-/m0/s1. The highest BCUT2D eigenvalue weighted by atomic mass is 19.1. The molecule has 0 bridgehead atoms. The molecule has 2 rings (SSSR count). The zero-order valence-corrected chi connectivity index (χ0v) is 11.1. The number of aliphatic hydroxyl groups is 1. The second-order valence-corrected chi connectivity index (χ2v) is 3.98. The molecule has 0 amide bonds. The molecule has 22 heavy (non-hydrogen) atoms. The third-order valence-electron chi connectivity index (χ3n) is 2.62. The number of halogens is 3. The number of rotatable bonds is 5. The Balaban J connectivity index is 2.53. The zero-order chi connectivity index (χ0) is 16.3. The van der Waals surface area contributed by atoms with E-state index in [1.807, 2.05) is 0 Å². The number of hydrogen-bond donors (Lipinski definition) is 1. The van der Waals surface area contributed by atoms with Gasteiger partial charge in [0.05, 0.1) is 5.56 Å². The third-order valence-corrected chi connectivity index (χ3v) is 2.62. The Bertz CT molecular complexity index is 689. The predicted molar refractivity (Wildman–Crippen MR) is 65.8 cm³/mol. The number of aliphatic hydroxyl groups excluding tert-OH is 1. The van der Waals surface area contributed by atoms with E-state index in [1.165, 1.54) is 0 Å². The van der Waals surface area contributed by atoms with Gasteiger partial charge in [0.25, 0.3) is 0 Å². The summed E-state index contributed by atoms with van der Waals surface area (Å²) < 4.78 is 49.6. The second-order valence-electron chi connectivity index (χ2n) is 3.98. The Kier molecular flexibility index (Phi) is 4.68. The molecule has 1 heterocycles. The number of ether oxygens (including phenoxy) is 2. The topological polar surface area (TPSA) is 81.5 Å². The first kappa shape index (κ1) is 15.9. The molecule has 0 aliphatic rings. The van der Waals surface area contributed by atoms with Gasteiger partial charge in [-0.15, -0.1) is 0 Å². The highest BCUT2D eigenvalue weighted by Gasteiger charge is 2.23. The van der Waals surface area contributed by atoms with Crippen LogP contribution in [0.15, 0.2) is 18.5 Å². The number of aromatic nitrogens is 2. The van der Waals surface area contributed by atoms with Crippen LogP contribution < -0.4 is 4.74 Å². The summed E-state index contributed by atoms with van der Waals surface area (Å²) in [5, 5.41) is 9.69. The van der Waals surface area contributed by atoms with Gasteiger partial charge in [0.15, 0.2) is 24.2 Å². The molecule has 2 aromatic rings. The van der Waals surface area contributed by atoms with Gasteiger partial charge in [0, 0.05) is 19.2 Å². The summed E-state index contributed by atoms with van der Waals surface area (Å²) >= 11 is 0. The van der Waals surface area contributed by atoms with E-state index < -0.39 is 35.4 Å². The smallest absolute Gasteiger partial charge is 0.231 e. The van der Waals surface area contributed by atoms with E-state index in [-0.39, 0.29) is 17.5 Å². The van der Waals surface area contributed by atoms with E-state index in [0.717, 1.165) is 13.4 Å². The first-order valence-corrected chi connectivity index (χ1v) is 5.81. The van der Waals surface area contributed by atoms with Crippen molar-refractivity contribution in [2.45, 2.75) is 6.29 Å². The van der Waals surface area contributed by atoms with Crippen LogP contribution in [-0.4, -0.2) is 28.5 Å². The monoisotopic (exact) mass is 314 g/mol. The van der Waals surface area contributed by atoms with Crippen LogP contribution in [0.4, 0.5) is 13.2 Å². The third kappa shape index (κ3) is 3.05. The van der Waals surface area contributed by atoms with Crippen LogP contribution in [0.25, 0.3) is 0 Å². The van der Waals surface area contributed by atoms with Crippen LogP contribution in [-0.2, 0) is 4.74 Å². The fraction of sp³-hybridized carbons (Fsp3) is 0.154. The number of carbonyl (C=O) groups excluding carboxylic acids is 1. The molecule has 1 aromatic heterocycles. The second kappa shape index (κ2) is 6.50. The fourth-order valence-corrected chi connectivity index (χ4v) is 1.64. The summed E-state index contributed by atoms with van der Waals surface area (Å²) in [7, 11) is 1.12. The molecule has 0 spiro atoms. The first-order chi connectivity index (χ1) is 10.5. The number of carbonyl (C=O) groups is 1. The minimum atomic E-state index is -1.66. The fourth-order valence-electron chi connectivity index (χ4n) is 1.64. The van der Waals surface area contributed by atoms with Gasteiger partial charge in [0.1, 0.15) is 17.8 Å². The quantitative estimate of drug-likeness (QED) is 0.672. The van der Waals surface area contributed by atoms with Crippen molar-refractivity contribution in [1.82, 2.24) is 9.97 Å². The zero-order valence-electron chi connectivity index (χ0n) is 11.1. The molecular formula is C13H9F3N2O4. The lowest BCUT2D eigenvalue weighted by Crippen LogP contribution is -2.10. The summed E-state index contributed by atoms with van der Waals surface area (Å²) in [6.07, 6.45) is -0.490. The SMILES string of the molecule is CO[C@H](O)c1c(C=O)ncnc1Oc1c(F)cc(F)cc1F. The van der Waals surface area contributed by atoms with Gasteiger partial charge in [-0.1, -0.05) is 0 Å². The normalized spacial score (nSPS) is 12.0. The Morgan fingerprint density at radius 3 is 2.41 bits per heavy atom. The molecule has 1 N–H and O–H groups in total. The molecule has 0 saturated heterocycles. The maximum Gasteiger partial charge on any atom is 0.231 e. The molecule has 0 aliphatic carbocycles. The van der Waals surface area contributed by atoms with Gasteiger partial charge in [-0.3, -0.25) is 4.79 Å². The number of methoxy groups -OCH3 is 1. The molecular weight excluding hydrogens is 305 g/mol. The van der Waals surface area contributed by atoms with E-state index in [9.17, 15) is 23.1 Å². The molecule has 1 atom stereocenters. The average Bonchev–Trinajstić information content (AvgIpc) is 2.49. The number of hydrogen-bond acceptors (Lipinski definition) is 6. The van der Waals surface area contributed by atoms with Crippen molar-refractivity contribution in [3.8, 4) is 11.6 Å². The molecule has 0 radical (unpaired) electrons. The molecule has 9 heteroatoms. The number of aldehydes is 1. The van der Waals surface area contributed by atoms with E-state index >= 15 is 0 Å². The van der Waals surface area contributed by atoms with Crippen molar-refractivity contribution in [3.63, 3.8) is 0 Å². The minimum absolute atomic E-state index is 0.281. The van der Waals surface area contributed by atoms with Crippen LogP contribution in [0, 0.1) is 17.5 Å². The van der Waals surface area contributed by atoms with E-state index in [1.54, 1.807) is 0 Å². The summed E-state index contributed by atoms with van der Waals surface area (Å²) in [5.74, 6) is -5.21. The van der Waals surface area contributed by atoms with Crippen molar-refractivity contribution in [2.75, 3.05) is 7.11 Å². The van der Waals surface area contributed by atoms with Crippen LogP contribution in [0.3, 0.4) is 0 Å². The molecule has 0 fully saturated rings. The average molecular weight is 314 g/mol. The van der Waals surface area contributed by atoms with Gasteiger partial charge in [-0.25, -0.2) is 23.1 Å². The van der Waals surface area contributed by atoms with Crippen LogP contribution in [0.5, 0.6) is 11.6 Å². The molecule has 116 valence electrons. The lowest BCUT2D eigenvalue weighted by atomic mass is 10.2. The number of nitrogens with zero attached hydrogens (tertiary/aromatic N) is 2. The van der Waals surface area contributed by atoms with Gasteiger partial charge in [-0.2, -0.15) is 0 Å². The lowest BCUT2D eigenvalue weighted by Gasteiger charge is -2.15. The maximum atomic E-state index is 13.6. The van der Waals surface area contributed by atoms with Crippen molar-refractivity contribution >= 4 is 6.29 Å². The van der Waals surface area contributed by atoms with E-state index in [2.05, 4.69) is 14.7 Å². The largest absolute Gasteiger partial charge is 0.432 e. The van der Waals surface area contributed by atoms with Crippen molar-refractivity contribution in [3.05, 3.63) is 47.2 Å². The van der Waals surface area contributed by atoms with Gasteiger partial charge < -0.3 is 14.6 Å². The summed E-state index contributed by atoms with van der Waals surface area (Å²) in [6.45, 7) is 0.